The zero-order valence-corrected chi connectivity index (χ0v) is 17.9. The van der Waals surface area contributed by atoms with Crippen molar-refractivity contribution in [2.75, 3.05) is 0 Å². The molecule has 0 saturated carbocycles. The highest BCUT2D eigenvalue weighted by atomic mass is 32.1. The lowest BCUT2D eigenvalue weighted by Crippen LogP contribution is -2.03. The van der Waals surface area contributed by atoms with Crippen molar-refractivity contribution in [2.24, 2.45) is 0 Å². The number of phenols is 3. The molecule has 156 valence electrons. The summed E-state index contributed by atoms with van der Waals surface area (Å²) in [5.41, 5.74) is 2.62. The van der Waals surface area contributed by atoms with E-state index in [4.69, 9.17) is 12.2 Å². The first kappa shape index (κ1) is 20.0. The van der Waals surface area contributed by atoms with E-state index in [0.717, 1.165) is 23.0 Å². The van der Waals surface area contributed by atoms with Gasteiger partial charge in [0.1, 0.15) is 17.2 Å². The lowest BCUT2D eigenvalue weighted by Gasteiger charge is -2.15. The Balaban J connectivity index is 2.00. The molecule has 1 atom stereocenters. The van der Waals surface area contributed by atoms with Crippen LogP contribution in [0.3, 0.4) is 0 Å². The number of aromatic hydroxyl groups is 3. The van der Waals surface area contributed by atoms with Crippen LogP contribution in [0.4, 0.5) is 0 Å². The number of rotatable bonds is 5. The van der Waals surface area contributed by atoms with E-state index in [2.05, 4.69) is 24.0 Å². The van der Waals surface area contributed by atoms with E-state index in [1.165, 1.54) is 6.07 Å². The summed E-state index contributed by atoms with van der Waals surface area (Å²) < 4.78 is 4.15. The normalized spacial score (nSPS) is 12.5. The van der Waals surface area contributed by atoms with Crippen LogP contribution in [0.25, 0.3) is 28.0 Å². The number of aromatic nitrogens is 4. The van der Waals surface area contributed by atoms with Crippen LogP contribution in [-0.2, 0) is 6.42 Å². The van der Waals surface area contributed by atoms with E-state index in [-0.39, 0.29) is 23.3 Å². The molecule has 0 aliphatic heterocycles. The fourth-order valence-corrected chi connectivity index (χ4v) is 4.03. The van der Waals surface area contributed by atoms with Gasteiger partial charge in [-0.05, 0) is 61.8 Å². The van der Waals surface area contributed by atoms with Gasteiger partial charge in [0.2, 0.25) is 0 Å². The fraction of sp³-hybridized carbons (Fsp3) is 0.273. The number of nitrogens with one attached hydrogen (secondary N) is 1. The standard InChI is InChI=1S/C22H24N4O3S/c1-4-12(3)25-9-8-14-16(6-7-17(27)20(14)25)26-21(23-24-22(26)30)15-10-13(5-2)18(28)11-19(15)29/h6-12,27-29H,4-5H2,1-3H3,(H,24,30). The summed E-state index contributed by atoms with van der Waals surface area (Å²) in [6.07, 6.45) is 3.48. The molecule has 0 aliphatic rings. The molecule has 0 spiro atoms. The molecule has 2 heterocycles. The summed E-state index contributed by atoms with van der Waals surface area (Å²) in [5, 5.41) is 39.1. The van der Waals surface area contributed by atoms with Gasteiger partial charge in [0.05, 0.1) is 16.8 Å². The van der Waals surface area contributed by atoms with E-state index in [0.29, 0.717) is 28.1 Å². The first-order chi connectivity index (χ1) is 14.4. The van der Waals surface area contributed by atoms with Gasteiger partial charge in [0.15, 0.2) is 10.6 Å². The van der Waals surface area contributed by atoms with Gasteiger partial charge in [0.25, 0.3) is 0 Å². The summed E-state index contributed by atoms with van der Waals surface area (Å²) in [7, 11) is 0. The monoisotopic (exact) mass is 424 g/mol. The molecule has 0 aliphatic carbocycles. The summed E-state index contributed by atoms with van der Waals surface area (Å²) in [4.78, 5) is 0. The Kier molecular flexibility index (Phi) is 5.03. The summed E-state index contributed by atoms with van der Waals surface area (Å²) in [6.45, 7) is 6.12. The minimum Gasteiger partial charge on any atom is -0.508 e. The van der Waals surface area contributed by atoms with Gasteiger partial charge in [-0.25, -0.2) is 0 Å². The second-order valence-corrected chi connectivity index (χ2v) is 7.77. The fourth-order valence-electron chi connectivity index (χ4n) is 3.80. The minimum atomic E-state index is -0.0906. The third kappa shape index (κ3) is 3.04. The van der Waals surface area contributed by atoms with Gasteiger partial charge in [-0.15, -0.1) is 0 Å². The Bertz CT molecular complexity index is 1300. The quantitative estimate of drug-likeness (QED) is 0.330. The van der Waals surface area contributed by atoms with E-state index in [1.54, 1.807) is 22.8 Å². The number of phenolic OH excluding ortho intramolecular Hbond substituents is 3. The van der Waals surface area contributed by atoms with E-state index >= 15 is 0 Å². The Morgan fingerprint density at radius 3 is 2.53 bits per heavy atom. The first-order valence-electron chi connectivity index (χ1n) is 9.92. The van der Waals surface area contributed by atoms with Gasteiger partial charge in [-0.3, -0.25) is 9.67 Å². The zero-order valence-electron chi connectivity index (χ0n) is 17.0. The molecule has 0 amide bonds. The van der Waals surface area contributed by atoms with Gasteiger partial charge in [0, 0.05) is 23.7 Å². The van der Waals surface area contributed by atoms with Crippen molar-refractivity contribution >= 4 is 23.1 Å². The lowest BCUT2D eigenvalue weighted by molar-refractivity contribution is 0.447. The molecule has 4 aromatic rings. The summed E-state index contributed by atoms with van der Waals surface area (Å²) >= 11 is 5.51. The van der Waals surface area contributed by atoms with Crippen molar-refractivity contribution < 1.29 is 15.3 Å². The maximum atomic E-state index is 10.6. The summed E-state index contributed by atoms with van der Waals surface area (Å²) in [6, 6.07) is 8.63. The van der Waals surface area contributed by atoms with Crippen LogP contribution in [0.1, 0.15) is 38.8 Å². The number of benzene rings is 2. The third-order valence-electron chi connectivity index (χ3n) is 5.63. The number of aromatic amines is 1. The second kappa shape index (κ2) is 7.53. The predicted octanol–water partition coefficient (Wildman–Crippen LogP) is 5.20. The molecule has 7 nitrogen and oxygen atoms in total. The second-order valence-electron chi connectivity index (χ2n) is 7.39. The van der Waals surface area contributed by atoms with E-state index < -0.39 is 0 Å². The van der Waals surface area contributed by atoms with Crippen LogP contribution in [-0.4, -0.2) is 34.7 Å². The van der Waals surface area contributed by atoms with Gasteiger partial charge in [-0.2, -0.15) is 5.10 Å². The molecule has 0 saturated heterocycles. The van der Waals surface area contributed by atoms with Crippen LogP contribution < -0.4 is 0 Å². The van der Waals surface area contributed by atoms with Crippen LogP contribution in [0, 0.1) is 4.77 Å². The Hall–Kier alpha value is -3.26. The highest BCUT2D eigenvalue weighted by Gasteiger charge is 2.20. The molecular weight excluding hydrogens is 400 g/mol. The van der Waals surface area contributed by atoms with Crippen LogP contribution in [0.2, 0.25) is 0 Å². The van der Waals surface area contributed by atoms with Crippen molar-refractivity contribution in [3.05, 3.63) is 46.9 Å². The number of H-pyrrole nitrogens is 1. The van der Waals surface area contributed by atoms with Crippen LogP contribution in [0.15, 0.2) is 36.5 Å². The largest absolute Gasteiger partial charge is 0.508 e. The topological polar surface area (TPSA) is 99.2 Å². The van der Waals surface area contributed by atoms with Gasteiger partial charge < -0.3 is 19.9 Å². The molecule has 0 radical (unpaired) electrons. The Morgan fingerprint density at radius 1 is 1.07 bits per heavy atom. The molecule has 0 fully saturated rings. The minimum absolute atomic E-state index is 0.0390. The van der Waals surface area contributed by atoms with Crippen LogP contribution in [0.5, 0.6) is 17.2 Å². The van der Waals surface area contributed by atoms with Crippen molar-refractivity contribution in [3.8, 4) is 34.3 Å². The number of hydrogen-bond acceptors (Lipinski definition) is 5. The maximum absolute atomic E-state index is 10.6. The number of nitrogens with zero attached hydrogens (tertiary/aromatic N) is 3. The molecule has 4 rings (SSSR count). The molecule has 30 heavy (non-hydrogen) atoms. The van der Waals surface area contributed by atoms with Crippen molar-refractivity contribution in [2.45, 2.75) is 39.7 Å². The zero-order chi connectivity index (χ0) is 21.6. The van der Waals surface area contributed by atoms with Crippen molar-refractivity contribution in [1.82, 2.24) is 19.3 Å². The Labute approximate surface area is 178 Å². The highest BCUT2D eigenvalue weighted by Crippen LogP contribution is 2.38. The Morgan fingerprint density at radius 2 is 1.83 bits per heavy atom. The molecule has 0 bridgehead atoms. The first-order valence-corrected chi connectivity index (χ1v) is 10.3. The third-order valence-corrected chi connectivity index (χ3v) is 5.90. The van der Waals surface area contributed by atoms with Crippen LogP contribution >= 0.6 is 12.2 Å². The molecule has 8 heteroatoms. The van der Waals surface area contributed by atoms with E-state index in [1.807, 2.05) is 23.8 Å². The number of aryl methyl sites for hydroxylation is 1. The van der Waals surface area contributed by atoms with E-state index in [9.17, 15) is 15.3 Å². The maximum Gasteiger partial charge on any atom is 0.200 e. The number of fused-ring (bicyclic) bond motifs is 1. The number of hydrogen-bond donors (Lipinski definition) is 4. The average molecular weight is 425 g/mol. The smallest absolute Gasteiger partial charge is 0.200 e. The van der Waals surface area contributed by atoms with Crippen molar-refractivity contribution in [3.63, 3.8) is 0 Å². The molecule has 2 aromatic carbocycles. The van der Waals surface area contributed by atoms with Crippen molar-refractivity contribution in [1.29, 1.82) is 0 Å². The molecule has 4 N–H and O–H groups in total. The highest BCUT2D eigenvalue weighted by molar-refractivity contribution is 7.71. The average Bonchev–Trinajstić information content (AvgIpc) is 3.33. The summed E-state index contributed by atoms with van der Waals surface area (Å²) in [5.74, 6) is 0.566. The molecule has 1 unspecified atom stereocenters. The lowest BCUT2D eigenvalue weighted by atomic mass is 10.1. The SMILES string of the molecule is CCc1cc(-c2n[nH]c(=S)n2-c2ccc(O)c3c2ccn3C(C)CC)c(O)cc1O. The van der Waals surface area contributed by atoms with Gasteiger partial charge >= 0.3 is 0 Å². The molecule has 2 aromatic heterocycles. The predicted molar refractivity (Wildman–Crippen MR) is 119 cm³/mol. The van der Waals surface area contributed by atoms with Gasteiger partial charge in [-0.1, -0.05) is 13.8 Å². The molecular formula is C22H24N4O3S.